The van der Waals surface area contributed by atoms with Gasteiger partial charge in [-0.25, -0.2) is 0 Å². The van der Waals surface area contributed by atoms with E-state index in [0.29, 0.717) is 44.5 Å². The highest BCUT2D eigenvalue weighted by molar-refractivity contribution is 5.92. The summed E-state index contributed by atoms with van der Waals surface area (Å²) in [6, 6.07) is 15.0. The molecule has 0 spiro atoms. The van der Waals surface area contributed by atoms with E-state index >= 15 is 0 Å². The number of rotatable bonds is 9. The largest absolute Gasteiger partial charge is 0.497 e. The summed E-state index contributed by atoms with van der Waals surface area (Å²) in [5.74, 6) is 0.326. The number of hydrogen-bond donors (Lipinski definition) is 0. The molecule has 3 unspecified atom stereocenters. The zero-order valence-electron chi connectivity index (χ0n) is 24.4. The molecule has 1 saturated heterocycles. The van der Waals surface area contributed by atoms with Gasteiger partial charge in [-0.3, -0.25) is 19.3 Å². The zero-order valence-corrected chi connectivity index (χ0v) is 24.4. The van der Waals surface area contributed by atoms with Crippen LogP contribution in [0.3, 0.4) is 0 Å². The fraction of sp³-hybridized carbons (Fsp3) is 0.424. The Morgan fingerprint density at radius 2 is 1.83 bits per heavy atom. The fourth-order valence-corrected chi connectivity index (χ4v) is 6.56. The van der Waals surface area contributed by atoms with Crippen molar-refractivity contribution in [2.75, 3.05) is 33.8 Å². The number of likely N-dealkylation sites (tertiary alicyclic amines) is 1. The third-order valence-corrected chi connectivity index (χ3v) is 8.45. The van der Waals surface area contributed by atoms with Crippen molar-refractivity contribution in [2.24, 2.45) is 0 Å². The summed E-state index contributed by atoms with van der Waals surface area (Å²) in [7, 11) is 3.44. The van der Waals surface area contributed by atoms with Gasteiger partial charge >= 0.3 is 11.9 Å². The molecular weight excluding hydrogens is 520 g/mol. The highest BCUT2D eigenvalue weighted by Gasteiger charge is 2.61. The Labute approximate surface area is 242 Å². The first-order valence-electron chi connectivity index (χ1n) is 14.0. The normalized spacial score (nSPS) is 24.2. The number of ether oxygens (including phenoxy) is 3. The topological polar surface area (TPSA) is 85.4 Å². The SMILES string of the molecule is C=CCN1CCC2(c3cccc(OC(C)=O)c3)CC(N(C)C(=O)/C=C/c3cccc(OC)c3)CCC2(OC(C)=O)C1. The third kappa shape index (κ3) is 6.54. The average molecular weight is 561 g/mol. The average Bonchev–Trinajstić information content (AvgIpc) is 2.95. The van der Waals surface area contributed by atoms with Crippen LogP contribution in [0.2, 0.25) is 0 Å². The number of carbonyl (C=O) groups excluding carboxylic acids is 3. The van der Waals surface area contributed by atoms with Crippen LogP contribution in [0.4, 0.5) is 0 Å². The van der Waals surface area contributed by atoms with Crippen LogP contribution in [-0.2, 0) is 24.5 Å². The lowest BCUT2D eigenvalue weighted by molar-refractivity contribution is -0.189. The van der Waals surface area contributed by atoms with Crippen molar-refractivity contribution in [3.05, 3.63) is 78.4 Å². The first-order valence-corrected chi connectivity index (χ1v) is 14.0. The molecule has 1 amide bonds. The van der Waals surface area contributed by atoms with E-state index in [0.717, 1.165) is 23.4 Å². The molecule has 0 bridgehead atoms. The standard InChI is InChI=1S/C33H40N2O6/c1-6-18-35-19-17-32(27-10-8-12-30(21-27)40-24(2)36)22-28(15-16-33(32,23-35)41-25(3)37)34(4)31(38)14-13-26-9-7-11-29(20-26)39-5/h6-14,20-21,28H,1,15-19,22-23H2,2-5H3/b14-13+. The Bertz CT molecular complexity index is 1320. The number of hydrogen-bond acceptors (Lipinski definition) is 7. The number of carbonyl (C=O) groups is 3. The van der Waals surface area contributed by atoms with Crippen LogP contribution < -0.4 is 9.47 Å². The quantitative estimate of drug-likeness (QED) is 0.189. The predicted octanol–water partition coefficient (Wildman–Crippen LogP) is 4.78. The molecule has 1 aliphatic carbocycles. The van der Waals surface area contributed by atoms with Crippen molar-refractivity contribution in [2.45, 2.75) is 56.6 Å². The molecule has 0 N–H and O–H groups in total. The molecule has 1 aliphatic heterocycles. The van der Waals surface area contributed by atoms with Crippen LogP contribution in [-0.4, -0.2) is 73.1 Å². The Hall–Kier alpha value is -3.91. The van der Waals surface area contributed by atoms with E-state index in [1.165, 1.54) is 13.8 Å². The smallest absolute Gasteiger partial charge is 0.308 e. The second-order valence-corrected chi connectivity index (χ2v) is 11.0. The summed E-state index contributed by atoms with van der Waals surface area (Å²) >= 11 is 0. The van der Waals surface area contributed by atoms with Crippen LogP contribution in [0.1, 0.15) is 50.7 Å². The molecule has 218 valence electrons. The van der Waals surface area contributed by atoms with Gasteiger partial charge in [-0.1, -0.05) is 30.3 Å². The van der Waals surface area contributed by atoms with E-state index in [1.807, 2.05) is 55.6 Å². The minimum Gasteiger partial charge on any atom is -0.497 e. The van der Waals surface area contributed by atoms with Crippen molar-refractivity contribution in [1.82, 2.24) is 9.80 Å². The maximum Gasteiger partial charge on any atom is 0.308 e. The van der Waals surface area contributed by atoms with E-state index in [2.05, 4.69) is 11.5 Å². The van der Waals surface area contributed by atoms with E-state index in [1.54, 1.807) is 30.2 Å². The van der Waals surface area contributed by atoms with Crippen molar-refractivity contribution in [1.29, 1.82) is 0 Å². The molecular formula is C33H40N2O6. The number of methoxy groups -OCH3 is 1. The van der Waals surface area contributed by atoms with Gasteiger partial charge in [-0.2, -0.15) is 0 Å². The van der Waals surface area contributed by atoms with E-state index in [4.69, 9.17) is 14.2 Å². The highest BCUT2D eigenvalue weighted by Crippen LogP contribution is 2.54. The molecule has 41 heavy (non-hydrogen) atoms. The highest BCUT2D eigenvalue weighted by atomic mass is 16.6. The van der Waals surface area contributed by atoms with Gasteiger partial charge in [0, 0.05) is 51.5 Å². The molecule has 1 saturated carbocycles. The molecule has 2 aromatic carbocycles. The number of amides is 1. The monoisotopic (exact) mass is 560 g/mol. The lowest BCUT2D eigenvalue weighted by Gasteiger charge is -2.60. The summed E-state index contributed by atoms with van der Waals surface area (Å²) in [5, 5.41) is 0. The Morgan fingerprint density at radius 1 is 1.07 bits per heavy atom. The summed E-state index contributed by atoms with van der Waals surface area (Å²) < 4.78 is 17.0. The van der Waals surface area contributed by atoms with Crippen molar-refractivity contribution < 1.29 is 28.6 Å². The van der Waals surface area contributed by atoms with Crippen LogP contribution in [0.15, 0.2) is 67.3 Å². The van der Waals surface area contributed by atoms with E-state index in [-0.39, 0.29) is 17.9 Å². The number of fused-ring (bicyclic) bond motifs is 1. The maximum atomic E-state index is 13.4. The predicted molar refractivity (Wildman–Crippen MR) is 158 cm³/mol. The molecule has 4 rings (SSSR count). The second kappa shape index (κ2) is 12.7. The Morgan fingerprint density at radius 3 is 2.54 bits per heavy atom. The van der Waals surface area contributed by atoms with Crippen LogP contribution >= 0.6 is 0 Å². The molecule has 8 nitrogen and oxygen atoms in total. The van der Waals surface area contributed by atoms with Gasteiger partial charge in [0.25, 0.3) is 0 Å². The Balaban J connectivity index is 1.70. The number of esters is 2. The summed E-state index contributed by atoms with van der Waals surface area (Å²) in [5.41, 5.74) is 0.400. The van der Waals surface area contributed by atoms with E-state index < -0.39 is 17.0 Å². The van der Waals surface area contributed by atoms with Gasteiger partial charge in [0.05, 0.1) is 7.11 Å². The van der Waals surface area contributed by atoms with E-state index in [9.17, 15) is 14.4 Å². The molecule has 8 heteroatoms. The fourth-order valence-electron chi connectivity index (χ4n) is 6.56. The van der Waals surface area contributed by atoms with Gasteiger partial charge in [-0.15, -0.1) is 6.58 Å². The van der Waals surface area contributed by atoms with Crippen molar-refractivity contribution >= 4 is 23.9 Å². The van der Waals surface area contributed by atoms with Crippen LogP contribution in [0, 0.1) is 0 Å². The summed E-state index contributed by atoms with van der Waals surface area (Å²) in [6.45, 7) is 8.74. The first-order chi connectivity index (χ1) is 19.6. The number of likely N-dealkylation sites (N-methyl/N-ethyl adjacent to an activating group) is 1. The van der Waals surface area contributed by atoms with Gasteiger partial charge in [0.15, 0.2) is 0 Å². The summed E-state index contributed by atoms with van der Waals surface area (Å²) in [6.07, 6.45) is 7.80. The lowest BCUT2D eigenvalue weighted by Crippen LogP contribution is -2.68. The molecule has 2 aromatic rings. The van der Waals surface area contributed by atoms with Gasteiger partial charge < -0.3 is 19.1 Å². The minimum atomic E-state index is -0.814. The molecule has 3 atom stereocenters. The molecule has 2 fully saturated rings. The Kier molecular flexibility index (Phi) is 9.33. The molecule has 2 aliphatic rings. The second-order valence-electron chi connectivity index (χ2n) is 11.0. The van der Waals surface area contributed by atoms with Gasteiger partial charge in [0.1, 0.15) is 17.1 Å². The van der Waals surface area contributed by atoms with Gasteiger partial charge in [-0.05, 0) is 73.7 Å². The number of benzene rings is 2. The number of piperidine rings is 1. The maximum absolute atomic E-state index is 13.4. The van der Waals surface area contributed by atoms with Crippen LogP contribution in [0.25, 0.3) is 6.08 Å². The first kappa shape index (κ1) is 30.1. The van der Waals surface area contributed by atoms with Crippen molar-refractivity contribution in [3.63, 3.8) is 0 Å². The summed E-state index contributed by atoms with van der Waals surface area (Å²) in [4.78, 5) is 41.8. The minimum absolute atomic E-state index is 0.0931. The molecule has 1 heterocycles. The zero-order chi connectivity index (χ0) is 29.6. The number of nitrogens with zero attached hydrogens (tertiary/aromatic N) is 2. The third-order valence-electron chi connectivity index (χ3n) is 8.45. The lowest BCUT2D eigenvalue weighted by atomic mass is 9.55. The van der Waals surface area contributed by atoms with Gasteiger partial charge in [0.2, 0.25) is 5.91 Å². The molecule has 0 radical (unpaired) electrons. The van der Waals surface area contributed by atoms with Crippen molar-refractivity contribution in [3.8, 4) is 11.5 Å². The molecule has 0 aromatic heterocycles. The van der Waals surface area contributed by atoms with Crippen LogP contribution in [0.5, 0.6) is 11.5 Å².